The van der Waals surface area contributed by atoms with E-state index in [-0.39, 0.29) is 17.2 Å². The van der Waals surface area contributed by atoms with E-state index in [0.29, 0.717) is 0 Å². The molecule has 11 heteroatoms. The van der Waals surface area contributed by atoms with E-state index in [1.54, 1.807) is 0 Å². The summed E-state index contributed by atoms with van der Waals surface area (Å²) in [5.41, 5.74) is 2.54. The number of hydrogen-bond donors (Lipinski definition) is 2. The van der Waals surface area contributed by atoms with Crippen molar-refractivity contribution in [1.82, 2.24) is 0 Å². The Kier molecular flexibility index (Phi) is 5.70. The summed E-state index contributed by atoms with van der Waals surface area (Å²) in [6.07, 6.45) is -5.12. The minimum Gasteiger partial charge on any atom is -0.484 e. The fourth-order valence-electron chi connectivity index (χ4n) is 3.79. The molecular weight excluding hydrogens is 415 g/mol. The van der Waals surface area contributed by atoms with Gasteiger partial charge in [-0.3, -0.25) is 4.79 Å². The van der Waals surface area contributed by atoms with Crippen molar-refractivity contribution in [1.29, 1.82) is 0 Å². The van der Waals surface area contributed by atoms with Gasteiger partial charge in [0, 0.05) is 23.3 Å². The molecule has 3 N–H and O–H groups in total. The molecule has 0 unspecified atom stereocenters. The number of amides is 1. The third kappa shape index (κ3) is 3.70. The number of halogens is 5. The summed E-state index contributed by atoms with van der Waals surface area (Å²) in [6, 6.07) is 1.77. The molecular formula is C19H21F5N2O4. The van der Waals surface area contributed by atoms with Gasteiger partial charge in [0.25, 0.3) is 0 Å². The van der Waals surface area contributed by atoms with Crippen LogP contribution >= 0.6 is 0 Å². The second-order valence-electron chi connectivity index (χ2n) is 7.79. The molecule has 0 bridgehead atoms. The summed E-state index contributed by atoms with van der Waals surface area (Å²) in [7, 11) is 0. The first-order chi connectivity index (χ1) is 13.9. The van der Waals surface area contributed by atoms with Gasteiger partial charge in [-0.15, -0.1) is 0 Å². The summed E-state index contributed by atoms with van der Waals surface area (Å²) >= 11 is 0. The topological polar surface area (TPSA) is 94.1 Å². The van der Waals surface area contributed by atoms with Crippen LogP contribution in [-0.4, -0.2) is 41.3 Å². The van der Waals surface area contributed by atoms with Gasteiger partial charge in [0.05, 0.1) is 5.71 Å². The predicted molar refractivity (Wildman–Crippen MR) is 94.2 cm³/mol. The van der Waals surface area contributed by atoms with Crippen LogP contribution in [0.3, 0.4) is 0 Å². The summed E-state index contributed by atoms with van der Waals surface area (Å²) in [5.74, 6) is -7.36. The van der Waals surface area contributed by atoms with Crippen molar-refractivity contribution < 1.29 is 41.4 Å². The van der Waals surface area contributed by atoms with Crippen LogP contribution in [0.4, 0.5) is 22.0 Å². The smallest absolute Gasteiger partial charge is 0.417 e. The predicted octanol–water partition coefficient (Wildman–Crippen LogP) is 3.51. The summed E-state index contributed by atoms with van der Waals surface area (Å²) in [6.45, 7) is 1.57. The van der Waals surface area contributed by atoms with Crippen LogP contribution in [0.5, 0.6) is 5.75 Å². The van der Waals surface area contributed by atoms with Crippen molar-refractivity contribution in [3.8, 4) is 5.75 Å². The quantitative estimate of drug-likeness (QED) is 0.309. The molecule has 0 aromatic heterocycles. The highest BCUT2D eigenvalue weighted by molar-refractivity contribution is 5.89. The van der Waals surface area contributed by atoms with Gasteiger partial charge in [-0.2, -0.15) is 17.6 Å². The number of primary amides is 1. The van der Waals surface area contributed by atoms with Crippen molar-refractivity contribution in [3.63, 3.8) is 0 Å². The molecule has 1 saturated heterocycles. The molecule has 6 nitrogen and oxygen atoms in total. The molecule has 1 aliphatic carbocycles. The minimum absolute atomic E-state index is 0.0595. The van der Waals surface area contributed by atoms with Crippen LogP contribution in [0, 0.1) is 23.5 Å². The van der Waals surface area contributed by atoms with Gasteiger partial charge in [-0.1, -0.05) is 18.1 Å². The highest BCUT2D eigenvalue weighted by Crippen LogP contribution is 2.54. The first-order valence-electron chi connectivity index (χ1n) is 9.27. The Balaban J connectivity index is 2.04. The number of oxime groups is 1. The van der Waals surface area contributed by atoms with Gasteiger partial charge in [-0.25, -0.2) is 4.39 Å². The van der Waals surface area contributed by atoms with Gasteiger partial charge in [0.2, 0.25) is 11.7 Å². The standard InChI is InChI=1S/C19H21F5N2O4/c1-8-13(16(17(25)27)30-18(8,2)19(22,23)24)10-5-6-11(20)14(21)15(10)29-7-12(26-28)9-3-4-9/h5-6,8-9,13,16,28H,3-4,7H2,1-2H3,(H2,25,27)/t8-,13-,16+,18+/m0/s1. The van der Waals surface area contributed by atoms with Crippen molar-refractivity contribution in [2.75, 3.05) is 6.61 Å². The minimum atomic E-state index is -4.85. The zero-order valence-electron chi connectivity index (χ0n) is 16.2. The average Bonchev–Trinajstić information content (AvgIpc) is 3.45. The lowest BCUT2D eigenvalue weighted by Gasteiger charge is -2.32. The fourth-order valence-corrected chi connectivity index (χ4v) is 3.79. The monoisotopic (exact) mass is 436 g/mol. The molecule has 1 aliphatic heterocycles. The molecule has 4 atom stereocenters. The van der Waals surface area contributed by atoms with Crippen LogP contribution < -0.4 is 10.5 Å². The van der Waals surface area contributed by atoms with E-state index in [0.717, 1.165) is 31.9 Å². The number of nitrogens with two attached hydrogens (primary N) is 1. The van der Waals surface area contributed by atoms with Crippen LogP contribution in [0.2, 0.25) is 0 Å². The van der Waals surface area contributed by atoms with E-state index >= 15 is 0 Å². The van der Waals surface area contributed by atoms with E-state index in [9.17, 15) is 26.7 Å². The van der Waals surface area contributed by atoms with Gasteiger partial charge >= 0.3 is 6.18 Å². The molecule has 1 aromatic carbocycles. The first kappa shape index (κ1) is 22.3. The second-order valence-corrected chi connectivity index (χ2v) is 7.79. The Bertz CT molecular complexity index is 871. The Morgan fingerprint density at radius 2 is 2.00 bits per heavy atom. The van der Waals surface area contributed by atoms with E-state index in [1.165, 1.54) is 6.92 Å². The molecule has 0 radical (unpaired) electrons. The lowest BCUT2D eigenvalue weighted by Crippen LogP contribution is -2.47. The third-order valence-electron chi connectivity index (χ3n) is 5.93. The Hall–Kier alpha value is -2.43. The third-order valence-corrected chi connectivity index (χ3v) is 5.93. The van der Waals surface area contributed by atoms with Crippen molar-refractivity contribution in [2.45, 2.75) is 50.5 Å². The first-order valence-corrected chi connectivity index (χ1v) is 9.27. The number of alkyl halides is 3. The molecule has 2 aliphatic rings. The number of rotatable bonds is 6. The molecule has 0 spiro atoms. The number of carbonyl (C=O) groups is 1. The number of hydrogen-bond acceptors (Lipinski definition) is 5. The maximum atomic E-state index is 14.6. The number of ether oxygens (including phenoxy) is 2. The molecule has 1 heterocycles. The highest BCUT2D eigenvalue weighted by Gasteiger charge is 2.65. The summed E-state index contributed by atoms with van der Waals surface area (Å²) < 4.78 is 79.9. The number of benzene rings is 1. The zero-order chi connectivity index (χ0) is 22.4. The van der Waals surface area contributed by atoms with Crippen molar-refractivity contribution in [2.24, 2.45) is 22.7 Å². The molecule has 30 heavy (non-hydrogen) atoms. The molecule has 2 fully saturated rings. The molecule has 3 rings (SSSR count). The van der Waals surface area contributed by atoms with E-state index in [1.807, 2.05) is 0 Å². The number of carbonyl (C=O) groups excluding carboxylic acids is 1. The SMILES string of the molecule is C[C@H]1[C@@H](c2ccc(F)c(F)c2OCC(=NO)C2CC2)[C@H](C(N)=O)O[C@@]1(C)C(F)(F)F. The number of nitrogens with zero attached hydrogens (tertiary/aromatic N) is 1. The van der Waals surface area contributed by atoms with Gasteiger partial charge in [-0.05, 0) is 25.8 Å². The summed E-state index contributed by atoms with van der Waals surface area (Å²) in [5, 5.41) is 12.2. The van der Waals surface area contributed by atoms with Crippen LogP contribution in [0.25, 0.3) is 0 Å². The van der Waals surface area contributed by atoms with E-state index in [4.69, 9.17) is 20.4 Å². The maximum Gasteiger partial charge on any atom is 0.417 e. The van der Waals surface area contributed by atoms with Crippen LogP contribution in [0.1, 0.15) is 38.2 Å². The maximum absolute atomic E-state index is 14.6. The molecule has 1 saturated carbocycles. The normalized spacial score (nSPS) is 29.8. The molecule has 166 valence electrons. The van der Waals surface area contributed by atoms with E-state index < -0.39 is 59.6 Å². The van der Waals surface area contributed by atoms with Gasteiger partial charge in [0.1, 0.15) is 12.7 Å². The Morgan fingerprint density at radius 1 is 1.37 bits per heavy atom. The molecule has 1 aromatic rings. The highest BCUT2D eigenvalue weighted by atomic mass is 19.4. The lowest BCUT2D eigenvalue weighted by atomic mass is 9.77. The Labute approximate surface area is 168 Å². The van der Waals surface area contributed by atoms with Crippen molar-refractivity contribution >= 4 is 11.6 Å². The lowest BCUT2D eigenvalue weighted by molar-refractivity contribution is -0.272. The van der Waals surface area contributed by atoms with Gasteiger partial charge < -0.3 is 20.4 Å². The average molecular weight is 436 g/mol. The van der Waals surface area contributed by atoms with E-state index in [2.05, 4.69) is 5.16 Å². The second kappa shape index (κ2) is 7.68. The molecule has 1 amide bonds. The van der Waals surface area contributed by atoms with Crippen molar-refractivity contribution in [3.05, 3.63) is 29.3 Å². The van der Waals surface area contributed by atoms with Crippen LogP contribution in [-0.2, 0) is 9.53 Å². The van der Waals surface area contributed by atoms with Crippen LogP contribution in [0.15, 0.2) is 17.3 Å². The fraction of sp³-hybridized carbons (Fsp3) is 0.579. The van der Waals surface area contributed by atoms with Gasteiger partial charge in [0.15, 0.2) is 17.2 Å². The largest absolute Gasteiger partial charge is 0.484 e. The summed E-state index contributed by atoms with van der Waals surface area (Å²) in [4.78, 5) is 11.9. The Morgan fingerprint density at radius 3 is 2.50 bits per heavy atom. The zero-order valence-corrected chi connectivity index (χ0v) is 16.2.